The molecule has 0 radical (unpaired) electrons. The first kappa shape index (κ1) is 7.19. The first-order valence-corrected chi connectivity index (χ1v) is 2.00. The fourth-order valence-electron chi connectivity index (χ4n) is 0.168. The van der Waals surface area contributed by atoms with E-state index in [0.29, 0.717) is 0 Å². The van der Waals surface area contributed by atoms with E-state index < -0.39 is 12.3 Å². The third-order valence-corrected chi connectivity index (χ3v) is 0.399. The Balaban J connectivity index is 3.05. The number of carboxylic acid groups (broad SMARTS) is 1. The minimum atomic E-state index is -1.36. The summed E-state index contributed by atoms with van der Waals surface area (Å²) in [5.41, 5.74) is 9.86. The number of ether oxygens (including phenoxy) is 1. The highest BCUT2D eigenvalue weighted by Gasteiger charge is 1.97. The lowest BCUT2D eigenvalue weighted by molar-refractivity contribution is 0.0867. The van der Waals surface area contributed by atoms with Gasteiger partial charge in [-0.1, -0.05) is 0 Å². The molecule has 5 N–H and O–H groups in total. The molecule has 0 aliphatic carbocycles. The minimum Gasteiger partial charge on any atom is -0.450 e. The summed E-state index contributed by atoms with van der Waals surface area (Å²) >= 11 is 0. The van der Waals surface area contributed by atoms with Crippen LogP contribution in [-0.4, -0.2) is 24.0 Å². The van der Waals surface area contributed by atoms with Crippen LogP contribution in [0.1, 0.15) is 0 Å². The second kappa shape index (κ2) is 3.23. The van der Waals surface area contributed by atoms with Gasteiger partial charge in [-0.2, -0.15) is 0 Å². The van der Waals surface area contributed by atoms with Crippen molar-refractivity contribution in [2.45, 2.75) is 6.17 Å². The molecular weight excluding hydrogens is 112 g/mol. The monoisotopic (exact) mass is 120 g/mol. The van der Waals surface area contributed by atoms with Crippen LogP contribution in [0.5, 0.6) is 0 Å². The SMILES string of the molecule is NC(N)COC(=O)O. The molecule has 0 unspecified atom stereocenters. The van der Waals surface area contributed by atoms with Gasteiger partial charge in [-0.25, -0.2) is 4.79 Å². The van der Waals surface area contributed by atoms with Crippen molar-refractivity contribution in [3.63, 3.8) is 0 Å². The topological polar surface area (TPSA) is 98.6 Å². The lowest BCUT2D eigenvalue weighted by Gasteiger charge is -2.01. The molecule has 5 nitrogen and oxygen atoms in total. The zero-order chi connectivity index (χ0) is 6.57. The van der Waals surface area contributed by atoms with Gasteiger partial charge in [0.15, 0.2) is 0 Å². The molecule has 5 heteroatoms. The summed E-state index contributed by atoms with van der Waals surface area (Å²) in [4.78, 5) is 9.57. The fraction of sp³-hybridized carbons (Fsp3) is 0.667. The molecule has 0 aromatic heterocycles. The van der Waals surface area contributed by atoms with E-state index in [2.05, 4.69) is 4.74 Å². The number of rotatable bonds is 2. The summed E-state index contributed by atoms with van der Waals surface area (Å²) in [6.07, 6.45) is -2.07. The van der Waals surface area contributed by atoms with E-state index in [1.807, 2.05) is 0 Å². The van der Waals surface area contributed by atoms with E-state index in [-0.39, 0.29) is 6.61 Å². The van der Waals surface area contributed by atoms with Crippen LogP contribution in [0.2, 0.25) is 0 Å². The summed E-state index contributed by atoms with van der Waals surface area (Å²) < 4.78 is 3.97. The Bertz CT molecular complexity index is 82.6. The minimum absolute atomic E-state index is 0.157. The first-order chi connectivity index (χ1) is 3.63. The molecule has 0 aliphatic rings. The Hall–Kier alpha value is -0.810. The van der Waals surface area contributed by atoms with E-state index >= 15 is 0 Å². The third kappa shape index (κ3) is 5.19. The molecule has 0 rings (SSSR count). The maximum atomic E-state index is 9.57. The van der Waals surface area contributed by atoms with Crippen LogP contribution in [0.25, 0.3) is 0 Å². The Morgan fingerprint density at radius 3 is 2.38 bits per heavy atom. The predicted octanol–water partition coefficient (Wildman–Crippen LogP) is -1.08. The van der Waals surface area contributed by atoms with E-state index in [1.54, 1.807) is 0 Å². The van der Waals surface area contributed by atoms with Crippen molar-refractivity contribution in [1.82, 2.24) is 0 Å². The Morgan fingerprint density at radius 2 is 2.25 bits per heavy atom. The first-order valence-electron chi connectivity index (χ1n) is 2.00. The van der Waals surface area contributed by atoms with Gasteiger partial charge in [-0.15, -0.1) is 0 Å². The molecule has 0 spiro atoms. The molecule has 0 aromatic rings. The second-order valence-corrected chi connectivity index (χ2v) is 1.24. The standard InChI is InChI=1S/C3H8N2O3/c4-2(5)1-8-3(6)7/h2H,1,4-5H2,(H,6,7). The Kier molecular flexibility index (Phi) is 2.90. The second-order valence-electron chi connectivity index (χ2n) is 1.24. The van der Waals surface area contributed by atoms with Gasteiger partial charge in [-0.05, 0) is 0 Å². The molecule has 0 heterocycles. The van der Waals surface area contributed by atoms with Gasteiger partial charge < -0.3 is 21.3 Å². The van der Waals surface area contributed by atoms with Crippen LogP contribution in [-0.2, 0) is 4.74 Å². The van der Waals surface area contributed by atoms with Crippen LogP contribution in [0, 0.1) is 0 Å². The lowest BCUT2D eigenvalue weighted by atomic mass is 10.6. The summed E-state index contributed by atoms with van der Waals surface area (Å²) in [6, 6.07) is 0. The van der Waals surface area contributed by atoms with Gasteiger partial charge in [0.2, 0.25) is 0 Å². The van der Waals surface area contributed by atoms with Crippen molar-refractivity contribution >= 4 is 6.16 Å². The zero-order valence-electron chi connectivity index (χ0n) is 4.20. The number of hydrogen-bond donors (Lipinski definition) is 3. The summed E-state index contributed by atoms with van der Waals surface area (Å²) in [5.74, 6) is 0. The molecule has 0 aliphatic heterocycles. The van der Waals surface area contributed by atoms with Crippen molar-refractivity contribution < 1.29 is 14.6 Å². The van der Waals surface area contributed by atoms with Gasteiger partial charge in [0.1, 0.15) is 6.61 Å². The van der Waals surface area contributed by atoms with Crippen LogP contribution >= 0.6 is 0 Å². The molecule has 8 heavy (non-hydrogen) atoms. The number of carbonyl (C=O) groups is 1. The van der Waals surface area contributed by atoms with Gasteiger partial charge in [0.25, 0.3) is 0 Å². The van der Waals surface area contributed by atoms with Crippen molar-refractivity contribution in [2.75, 3.05) is 6.61 Å². The zero-order valence-corrected chi connectivity index (χ0v) is 4.20. The van der Waals surface area contributed by atoms with Crippen molar-refractivity contribution in [3.05, 3.63) is 0 Å². The van der Waals surface area contributed by atoms with Crippen LogP contribution in [0.3, 0.4) is 0 Å². The average Bonchev–Trinajstić information content (AvgIpc) is 1.61. The highest BCUT2D eigenvalue weighted by atomic mass is 16.7. The third-order valence-electron chi connectivity index (χ3n) is 0.399. The van der Waals surface area contributed by atoms with Crippen molar-refractivity contribution in [1.29, 1.82) is 0 Å². The Morgan fingerprint density at radius 1 is 1.75 bits per heavy atom. The molecule has 0 atom stereocenters. The molecule has 0 bridgehead atoms. The van der Waals surface area contributed by atoms with E-state index in [4.69, 9.17) is 16.6 Å². The lowest BCUT2D eigenvalue weighted by Crippen LogP contribution is -2.36. The molecule has 0 amide bonds. The maximum absolute atomic E-state index is 9.57. The molecule has 48 valence electrons. The number of nitrogens with two attached hydrogens (primary N) is 2. The summed E-state index contributed by atoms with van der Waals surface area (Å²) in [6.45, 7) is -0.157. The Labute approximate surface area is 46.2 Å². The van der Waals surface area contributed by atoms with Gasteiger partial charge in [-0.3, -0.25) is 0 Å². The molecule has 0 saturated carbocycles. The molecule has 0 aromatic carbocycles. The molecule has 0 saturated heterocycles. The molecular formula is C3H8N2O3. The number of hydrogen-bond acceptors (Lipinski definition) is 4. The van der Waals surface area contributed by atoms with Gasteiger partial charge in [0, 0.05) is 0 Å². The van der Waals surface area contributed by atoms with E-state index in [9.17, 15) is 4.79 Å². The predicted molar refractivity (Wildman–Crippen MR) is 26.1 cm³/mol. The maximum Gasteiger partial charge on any atom is 0.505 e. The van der Waals surface area contributed by atoms with Crippen LogP contribution in [0.15, 0.2) is 0 Å². The van der Waals surface area contributed by atoms with Gasteiger partial charge in [0.05, 0.1) is 6.17 Å². The average molecular weight is 120 g/mol. The van der Waals surface area contributed by atoms with Crippen molar-refractivity contribution in [2.24, 2.45) is 11.5 Å². The van der Waals surface area contributed by atoms with E-state index in [0.717, 1.165) is 0 Å². The fourth-order valence-corrected chi connectivity index (χ4v) is 0.168. The normalized spacial score (nSPS) is 9.38. The highest BCUT2D eigenvalue weighted by molar-refractivity contribution is 5.56. The summed E-state index contributed by atoms with van der Waals surface area (Å²) in [5, 5.41) is 7.83. The quantitative estimate of drug-likeness (QED) is 0.318. The van der Waals surface area contributed by atoms with Gasteiger partial charge >= 0.3 is 6.16 Å². The molecule has 0 fully saturated rings. The largest absolute Gasteiger partial charge is 0.505 e. The van der Waals surface area contributed by atoms with E-state index in [1.165, 1.54) is 0 Å². The van der Waals surface area contributed by atoms with Crippen LogP contribution < -0.4 is 11.5 Å². The highest BCUT2D eigenvalue weighted by Crippen LogP contribution is 1.74. The summed E-state index contributed by atoms with van der Waals surface area (Å²) in [7, 11) is 0. The van der Waals surface area contributed by atoms with Crippen molar-refractivity contribution in [3.8, 4) is 0 Å². The van der Waals surface area contributed by atoms with Crippen LogP contribution in [0.4, 0.5) is 4.79 Å². The smallest absolute Gasteiger partial charge is 0.450 e.